The fourth-order valence-corrected chi connectivity index (χ4v) is 1.69. The third-order valence-corrected chi connectivity index (χ3v) is 2.70. The van der Waals surface area contributed by atoms with Crippen LogP contribution in [0.3, 0.4) is 0 Å². The number of aromatic nitrogens is 1. The molecule has 0 radical (unpaired) electrons. The second-order valence-electron chi connectivity index (χ2n) is 4.07. The average molecular weight is 244 g/mol. The highest BCUT2D eigenvalue weighted by molar-refractivity contribution is 5.50. The van der Waals surface area contributed by atoms with Crippen LogP contribution in [0.25, 0.3) is 0 Å². The Labute approximate surface area is 106 Å². The second kappa shape index (κ2) is 5.40. The van der Waals surface area contributed by atoms with Crippen LogP contribution in [0.5, 0.6) is 11.5 Å². The van der Waals surface area contributed by atoms with Gasteiger partial charge in [-0.15, -0.1) is 0 Å². The summed E-state index contributed by atoms with van der Waals surface area (Å²) in [6.45, 7) is 0.674. The van der Waals surface area contributed by atoms with Crippen molar-refractivity contribution in [1.29, 1.82) is 0 Å². The van der Waals surface area contributed by atoms with E-state index < -0.39 is 0 Å². The summed E-state index contributed by atoms with van der Waals surface area (Å²) < 4.78 is 5.20. The maximum atomic E-state index is 9.18. The quantitative estimate of drug-likeness (QED) is 0.897. The first-order chi connectivity index (χ1) is 8.69. The molecule has 0 bridgehead atoms. The van der Waals surface area contributed by atoms with Crippen molar-refractivity contribution in [1.82, 2.24) is 4.98 Å². The standard InChI is InChI=1S/C14H16N2O2/c1-16(10-11-6-7-13(17)9-15-11)12-4-3-5-14(8-12)18-2/h3-9,17H,10H2,1-2H3. The Bertz CT molecular complexity index is 511. The second-order valence-corrected chi connectivity index (χ2v) is 4.07. The molecule has 0 aliphatic rings. The van der Waals surface area contributed by atoms with E-state index in [1.54, 1.807) is 13.2 Å². The first-order valence-electron chi connectivity index (χ1n) is 5.68. The molecule has 0 amide bonds. The lowest BCUT2D eigenvalue weighted by atomic mass is 10.2. The van der Waals surface area contributed by atoms with Crippen LogP contribution in [0.1, 0.15) is 5.69 Å². The van der Waals surface area contributed by atoms with Crippen molar-refractivity contribution in [3.05, 3.63) is 48.3 Å². The van der Waals surface area contributed by atoms with Crippen molar-refractivity contribution in [2.24, 2.45) is 0 Å². The van der Waals surface area contributed by atoms with Gasteiger partial charge in [-0.25, -0.2) is 0 Å². The highest BCUT2D eigenvalue weighted by Gasteiger charge is 2.04. The number of rotatable bonds is 4. The van der Waals surface area contributed by atoms with Gasteiger partial charge in [0.05, 0.1) is 25.5 Å². The highest BCUT2D eigenvalue weighted by atomic mass is 16.5. The van der Waals surface area contributed by atoms with E-state index in [0.717, 1.165) is 17.1 Å². The first kappa shape index (κ1) is 12.2. The van der Waals surface area contributed by atoms with Crippen LogP contribution < -0.4 is 9.64 Å². The number of pyridine rings is 1. The predicted molar refractivity (Wildman–Crippen MR) is 71.0 cm³/mol. The Kier molecular flexibility index (Phi) is 3.67. The molecule has 0 aliphatic carbocycles. The lowest BCUT2D eigenvalue weighted by molar-refractivity contribution is 0.415. The van der Waals surface area contributed by atoms with Gasteiger partial charge in [0.1, 0.15) is 11.5 Å². The molecule has 0 saturated heterocycles. The minimum atomic E-state index is 0.183. The van der Waals surface area contributed by atoms with Crippen molar-refractivity contribution in [3.8, 4) is 11.5 Å². The lowest BCUT2D eigenvalue weighted by Gasteiger charge is -2.19. The summed E-state index contributed by atoms with van der Waals surface area (Å²) in [4.78, 5) is 6.23. The van der Waals surface area contributed by atoms with Crippen LogP contribution in [0.4, 0.5) is 5.69 Å². The Balaban J connectivity index is 2.11. The maximum Gasteiger partial charge on any atom is 0.133 e. The lowest BCUT2D eigenvalue weighted by Crippen LogP contribution is -2.17. The van der Waals surface area contributed by atoms with Crippen molar-refractivity contribution in [2.75, 3.05) is 19.1 Å². The van der Waals surface area contributed by atoms with Gasteiger partial charge in [0, 0.05) is 18.8 Å². The maximum absolute atomic E-state index is 9.18. The molecule has 0 saturated carbocycles. The van der Waals surface area contributed by atoms with Gasteiger partial charge >= 0.3 is 0 Å². The third kappa shape index (κ3) is 2.91. The number of hydrogen-bond donors (Lipinski definition) is 1. The van der Waals surface area contributed by atoms with Crippen molar-refractivity contribution < 1.29 is 9.84 Å². The van der Waals surface area contributed by atoms with Crippen LogP contribution in [-0.4, -0.2) is 24.2 Å². The van der Waals surface area contributed by atoms with Gasteiger partial charge in [-0.3, -0.25) is 4.98 Å². The monoisotopic (exact) mass is 244 g/mol. The summed E-state index contributed by atoms with van der Waals surface area (Å²) in [6.07, 6.45) is 1.45. The van der Waals surface area contributed by atoms with E-state index in [2.05, 4.69) is 9.88 Å². The molecule has 0 atom stereocenters. The summed E-state index contributed by atoms with van der Waals surface area (Å²) in [5.41, 5.74) is 1.96. The minimum Gasteiger partial charge on any atom is -0.506 e. The average Bonchev–Trinajstić information content (AvgIpc) is 2.41. The fourth-order valence-electron chi connectivity index (χ4n) is 1.69. The zero-order valence-electron chi connectivity index (χ0n) is 10.5. The Morgan fingerprint density at radius 3 is 2.78 bits per heavy atom. The number of aromatic hydroxyl groups is 1. The number of anilines is 1. The van der Waals surface area contributed by atoms with Gasteiger partial charge in [-0.05, 0) is 24.3 Å². The molecule has 4 nitrogen and oxygen atoms in total. The van der Waals surface area contributed by atoms with E-state index in [1.165, 1.54) is 6.20 Å². The van der Waals surface area contributed by atoms with Crippen LogP contribution in [-0.2, 0) is 6.54 Å². The molecule has 0 fully saturated rings. The molecule has 18 heavy (non-hydrogen) atoms. The zero-order chi connectivity index (χ0) is 13.0. The van der Waals surface area contributed by atoms with E-state index in [-0.39, 0.29) is 5.75 Å². The number of methoxy groups -OCH3 is 1. The molecule has 0 spiro atoms. The molecular formula is C14H16N2O2. The molecule has 94 valence electrons. The summed E-state index contributed by atoms with van der Waals surface area (Å²) in [6, 6.07) is 11.3. The van der Waals surface area contributed by atoms with E-state index in [1.807, 2.05) is 37.4 Å². The molecule has 1 N–H and O–H groups in total. The van der Waals surface area contributed by atoms with Crippen LogP contribution in [0, 0.1) is 0 Å². The van der Waals surface area contributed by atoms with Crippen LogP contribution >= 0.6 is 0 Å². The van der Waals surface area contributed by atoms with E-state index in [4.69, 9.17) is 4.74 Å². The molecular weight excluding hydrogens is 228 g/mol. The molecule has 4 heteroatoms. The molecule has 1 aromatic heterocycles. The SMILES string of the molecule is COc1cccc(N(C)Cc2ccc(O)cn2)c1. The molecule has 1 heterocycles. The predicted octanol–water partition coefficient (Wildman–Crippen LogP) is 2.43. The summed E-state index contributed by atoms with van der Waals surface area (Å²) in [5, 5.41) is 9.18. The molecule has 2 aromatic rings. The first-order valence-corrected chi connectivity index (χ1v) is 5.68. The van der Waals surface area contributed by atoms with Crippen LogP contribution in [0.15, 0.2) is 42.6 Å². The van der Waals surface area contributed by atoms with Gasteiger partial charge in [-0.2, -0.15) is 0 Å². The van der Waals surface area contributed by atoms with Gasteiger partial charge in [0.25, 0.3) is 0 Å². The molecule has 0 unspecified atom stereocenters. The number of benzene rings is 1. The van der Waals surface area contributed by atoms with Gasteiger partial charge < -0.3 is 14.7 Å². The summed E-state index contributed by atoms with van der Waals surface area (Å²) >= 11 is 0. The smallest absolute Gasteiger partial charge is 0.133 e. The van der Waals surface area contributed by atoms with Crippen LogP contribution in [0.2, 0.25) is 0 Å². The van der Waals surface area contributed by atoms with Gasteiger partial charge in [0.2, 0.25) is 0 Å². The Morgan fingerprint density at radius 1 is 1.28 bits per heavy atom. The van der Waals surface area contributed by atoms with E-state index in [0.29, 0.717) is 6.54 Å². The normalized spacial score (nSPS) is 10.1. The fraction of sp³-hybridized carbons (Fsp3) is 0.214. The summed E-state index contributed by atoms with van der Waals surface area (Å²) in [5.74, 6) is 1.01. The highest BCUT2D eigenvalue weighted by Crippen LogP contribution is 2.21. The van der Waals surface area contributed by atoms with E-state index >= 15 is 0 Å². The number of hydrogen-bond acceptors (Lipinski definition) is 4. The number of ether oxygens (including phenoxy) is 1. The summed E-state index contributed by atoms with van der Waals surface area (Å²) in [7, 11) is 3.64. The number of nitrogens with zero attached hydrogens (tertiary/aromatic N) is 2. The molecule has 1 aromatic carbocycles. The Morgan fingerprint density at radius 2 is 2.11 bits per heavy atom. The van der Waals surface area contributed by atoms with Gasteiger partial charge in [0.15, 0.2) is 0 Å². The topological polar surface area (TPSA) is 45.6 Å². The molecule has 2 rings (SSSR count). The van der Waals surface area contributed by atoms with Crippen molar-refractivity contribution in [3.63, 3.8) is 0 Å². The minimum absolute atomic E-state index is 0.183. The largest absolute Gasteiger partial charge is 0.506 e. The zero-order valence-corrected chi connectivity index (χ0v) is 10.5. The van der Waals surface area contributed by atoms with Crippen molar-refractivity contribution in [2.45, 2.75) is 6.54 Å². The van der Waals surface area contributed by atoms with Crippen molar-refractivity contribution >= 4 is 5.69 Å². The third-order valence-electron chi connectivity index (χ3n) is 2.70. The van der Waals surface area contributed by atoms with Gasteiger partial charge in [-0.1, -0.05) is 6.07 Å². The van der Waals surface area contributed by atoms with E-state index in [9.17, 15) is 5.11 Å². The molecule has 0 aliphatic heterocycles. The Hall–Kier alpha value is -2.23.